The summed E-state index contributed by atoms with van der Waals surface area (Å²) in [4.78, 5) is 28.2. The summed E-state index contributed by atoms with van der Waals surface area (Å²) in [7, 11) is 0. The van der Waals surface area contributed by atoms with Crippen LogP contribution in [0.15, 0.2) is 60.0 Å². The molecular weight excluding hydrogens is 785 g/mol. The van der Waals surface area contributed by atoms with Gasteiger partial charge in [0.05, 0.1) is 37.4 Å². The van der Waals surface area contributed by atoms with E-state index >= 15 is 0 Å². The van der Waals surface area contributed by atoms with Gasteiger partial charge in [-0.1, -0.05) is 50.5 Å². The van der Waals surface area contributed by atoms with E-state index in [0.29, 0.717) is 25.7 Å². The number of rotatable bonds is 19. The molecule has 3 aliphatic rings. The first kappa shape index (κ1) is 45.8. The molecule has 59 heavy (non-hydrogen) atoms. The van der Waals surface area contributed by atoms with Crippen molar-refractivity contribution >= 4 is 18.8 Å². The molecule has 8 atom stereocenters. The second-order valence-corrected chi connectivity index (χ2v) is 15.3. The van der Waals surface area contributed by atoms with E-state index in [1.54, 1.807) is 6.08 Å². The van der Waals surface area contributed by atoms with Crippen LogP contribution in [0, 0.1) is 11.8 Å². The fourth-order valence-electron chi connectivity index (χ4n) is 7.06. The number of hydrogen-bond acceptors (Lipinski definition) is 12. The lowest BCUT2D eigenvalue weighted by Gasteiger charge is -2.41. The van der Waals surface area contributed by atoms with Gasteiger partial charge in [-0.2, -0.15) is 22.0 Å². The number of nitrogens with zero attached hydrogens (tertiary/aromatic N) is 4. The van der Waals surface area contributed by atoms with Crippen LogP contribution in [0.1, 0.15) is 64.8 Å². The molecule has 2 aromatic heterocycles. The Labute approximate surface area is 340 Å². The average molecular weight is 841 g/mol. The van der Waals surface area contributed by atoms with Crippen molar-refractivity contribution in [3.8, 4) is 5.88 Å². The Bertz CT molecular complexity index is 1770. The van der Waals surface area contributed by atoms with E-state index in [1.165, 1.54) is 24.3 Å². The van der Waals surface area contributed by atoms with Gasteiger partial charge in [-0.3, -0.25) is 4.84 Å². The highest BCUT2D eigenvalue weighted by molar-refractivity contribution is 5.56. The normalized spacial score (nSPS) is 27.2. The zero-order valence-corrected chi connectivity index (χ0v) is 33.7. The maximum atomic E-state index is 13.9. The number of carbonyl (C=O) groups excluding carboxylic acids is 1. The summed E-state index contributed by atoms with van der Waals surface area (Å²) in [6, 6.07) is 6.37. The third kappa shape index (κ3) is 12.4. The molecule has 0 spiro atoms. The fourth-order valence-corrected chi connectivity index (χ4v) is 7.06. The summed E-state index contributed by atoms with van der Waals surface area (Å²) >= 11 is 0. The molecule has 0 amide bonds. The number of allylic oxidation sites excluding steroid dienone is 3. The maximum Gasteiger partial charge on any atom is 0.433 e. The molecule has 0 radical (unpaired) electrons. The molecule has 326 valence electrons. The van der Waals surface area contributed by atoms with Gasteiger partial charge in [-0.25, -0.2) is 9.97 Å². The van der Waals surface area contributed by atoms with Crippen LogP contribution in [-0.4, -0.2) is 125 Å². The zero-order chi connectivity index (χ0) is 42.9. The van der Waals surface area contributed by atoms with Crippen LogP contribution >= 0.6 is 0 Å². The van der Waals surface area contributed by atoms with Crippen molar-refractivity contribution in [1.29, 1.82) is 0 Å². The van der Waals surface area contributed by atoms with Gasteiger partial charge >= 0.3 is 12.1 Å². The molecule has 0 bridgehead atoms. The van der Waals surface area contributed by atoms with Gasteiger partial charge in [0.25, 0.3) is 5.92 Å². The summed E-state index contributed by atoms with van der Waals surface area (Å²) in [5.41, 5.74) is -0.619. The summed E-state index contributed by atoms with van der Waals surface area (Å²) in [5, 5.41) is 25.9. The van der Waals surface area contributed by atoms with Crippen LogP contribution in [0.4, 0.5) is 27.8 Å². The largest absolute Gasteiger partial charge is 0.471 e. The molecule has 18 heteroatoms. The topological polar surface area (TPSA) is 148 Å². The highest BCUT2D eigenvalue weighted by Gasteiger charge is 2.47. The summed E-state index contributed by atoms with van der Waals surface area (Å²) in [5.74, 6) is -4.21. The van der Waals surface area contributed by atoms with Gasteiger partial charge in [-0.15, -0.1) is 0 Å². The number of hydroxylamine groups is 1. The minimum absolute atomic E-state index is 0.0150. The molecule has 3 N–H and O–H groups in total. The third-order valence-electron chi connectivity index (χ3n) is 10.8. The van der Waals surface area contributed by atoms with Gasteiger partial charge in [0.15, 0.2) is 6.72 Å². The van der Waals surface area contributed by atoms with E-state index in [4.69, 9.17) is 23.8 Å². The number of anilines is 1. The van der Waals surface area contributed by atoms with Crippen molar-refractivity contribution in [3.63, 3.8) is 0 Å². The number of halogens is 5. The Hall–Kier alpha value is -4.23. The zero-order valence-electron chi connectivity index (χ0n) is 33.7. The lowest BCUT2D eigenvalue weighted by atomic mass is 9.91. The molecule has 5 rings (SSSR count). The number of aliphatic hydroxyl groups excluding tert-OH is 2. The molecule has 0 aromatic carbocycles. The monoisotopic (exact) mass is 840 g/mol. The summed E-state index contributed by atoms with van der Waals surface area (Å²) < 4.78 is 93.2. The summed E-state index contributed by atoms with van der Waals surface area (Å²) in [6.45, 7) is 12.4. The van der Waals surface area contributed by atoms with Crippen LogP contribution < -0.4 is 10.1 Å². The number of carbonyl (C=O) groups is 1. The van der Waals surface area contributed by atoms with E-state index in [0.717, 1.165) is 61.2 Å². The van der Waals surface area contributed by atoms with Gasteiger partial charge in [0, 0.05) is 24.3 Å². The van der Waals surface area contributed by atoms with Crippen LogP contribution in [0.25, 0.3) is 0 Å². The molecule has 5 heterocycles. The molecule has 0 saturated carbocycles. The first-order chi connectivity index (χ1) is 28.0. The molecule has 3 aliphatic heterocycles. The van der Waals surface area contributed by atoms with Crippen molar-refractivity contribution in [2.24, 2.45) is 11.8 Å². The average Bonchev–Trinajstić information content (AvgIpc) is 3.17. The van der Waals surface area contributed by atoms with Crippen LogP contribution in [0.3, 0.4) is 0 Å². The van der Waals surface area contributed by atoms with Crippen molar-refractivity contribution in [3.05, 3.63) is 71.4 Å². The third-order valence-corrected chi connectivity index (χ3v) is 10.8. The highest BCUT2D eigenvalue weighted by Crippen LogP contribution is 2.31. The van der Waals surface area contributed by atoms with Crippen molar-refractivity contribution in [2.75, 3.05) is 44.8 Å². The molecule has 0 unspecified atom stereocenters. The molecule has 3 fully saturated rings. The van der Waals surface area contributed by atoms with E-state index < -0.39 is 72.1 Å². The Morgan fingerprint density at radius 2 is 1.71 bits per heavy atom. The Morgan fingerprint density at radius 3 is 2.36 bits per heavy atom. The predicted octanol–water partition coefficient (Wildman–Crippen LogP) is 5.52. The number of ether oxygens (including phenoxy) is 4. The number of aromatic nitrogens is 2. The lowest BCUT2D eigenvalue weighted by Crippen LogP contribution is -2.60. The number of nitrogens with one attached hydrogen (secondary N) is 1. The molecule has 0 aliphatic carbocycles. The highest BCUT2D eigenvalue weighted by atomic mass is 19.4. The second-order valence-electron chi connectivity index (χ2n) is 15.3. The molecule has 13 nitrogen and oxygen atoms in total. The lowest BCUT2D eigenvalue weighted by molar-refractivity contribution is -0.777. The smallest absolute Gasteiger partial charge is 0.433 e. The van der Waals surface area contributed by atoms with E-state index in [9.17, 15) is 37.0 Å². The van der Waals surface area contributed by atoms with Gasteiger partial charge < -0.3 is 44.2 Å². The quantitative estimate of drug-likeness (QED) is 0.0312. The van der Waals surface area contributed by atoms with E-state index in [2.05, 4.69) is 40.7 Å². The van der Waals surface area contributed by atoms with E-state index in [1.807, 2.05) is 13.0 Å². The Kier molecular flexibility index (Phi) is 15.8. The number of alkyl halides is 5. The van der Waals surface area contributed by atoms with E-state index in [-0.39, 0.29) is 37.4 Å². The number of aliphatic hydroxyl groups is 2. The van der Waals surface area contributed by atoms with Crippen molar-refractivity contribution in [2.45, 2.75) is 108 Å². The molecular formula is C41H55F5N5O8+. The number of pyridine rings is 2. The first-order valence-corrected chi connectivity index (χ1v) is 19.9. The Morgan fingerprint density at radius 1 is 1.02 bits per heavy atom. The number of aldehydes is 1. The minimum Gasteiger partial charge on any atom is -0.471 e. The van der Waals surface area contributed by atoms with Crippen LogP contribution in [0.2, 0.25) is 0 Å². The molecule has 3 saturated heterocycles. The predicted molar refractivity (Wildman–Crippen MR) is 206 cm³/mol. The maximum absolute atomic E-state index is 13.9. The van der Waals surface area contributed by atoms with Crippen LogP contribution in [0.5, 0.6) is 5.88 Å². The minimum atomic E-state index is -4.69. The number of hydrogen-bond donors (Lipinski definition) is 3. The summed E-state index contributed by atoms with van der Waals surface area (Å²) in [6.07, 6.45) is -3.73. The number of likely N-dealkylation sites (tertiary alicyclic amines) is 1. The second kappa shape index (κ2) is 20.4. The van der Waals surface area contributed by atoms with Crippen LogP contribution in [-0.2, 0) is 35.9 Å². The first-order valence-electron chi connectivity index (χ1n) is 19.9. The Balaban J connectivity index is 1.35. The van der Waals surface area contributed by atoms with Gasteiger partial charge in [0.1, 0.15) is 54.5 Å². The van der Waals surface area contributed by atoms with Gasteiger partial charge in [-0.05, 0) is 57.0 Å². The van der Waals surface area contributed by atoms with Gasteiger partial charge in [0.2, 0.25) is 12.0 Å². The van der Waals surface area contributed by atoms with Crippen molar-refractivity contribution < 1.29 is 65.5 Å². The standard InChI is InChI=1S/C41H55F5N5O8/c1-6-26(7-2)19-25(3)15-16-36(57-24-31-37(53)27(21-52)30(23-56-31)58-35-14-9-11-32(49-35)40(4,42)43)50(5)59-39-28(22-55-29(38(39)54)20-51-17-10-18-51)47-34-13-8-12-33(48-34)41(44,45)46/h8-9,11-16,21,26-31,37-39,53-54H,5-7,10,17-20,22-24H2,1-4H3,(H,47,48)/q+1/b25-15+,36-16+/t27-,28+,29-,30+,31-,37-,38+,39-/m1/s1. The SMILES string of the molecule is C=[N+](O[C@H]1[C@@H](O)[C@@H](CN2CCC2)OC[C@@H]1Nc1cccc(C(F)(F)F)n1)/C(=C\C=C(/C)CC(CC)CC)OC[C@H]1OC[C@H](Oc2cccc(C(C)(F)F)n2)[C@@H](C=O)[C@H]1O. The fraction of sp³-hybridized carbons (Fsp3) is 0.610. The van der Waals surface area contributed by atoms with Crippen molar-refractivity contribution in [1.82, 2.24) is 14.9 Å². The molecule has 2 aromatic rings.